The average molecular weight is 346 g/mol. The van der Waals surface area contributed by atoms with Gasteiger partial charge in [-0.05, 0) is 99.1 Å². The van der Waals surface area contributed by atoms with E-state index in [4.69, 9.17) is 4.43 Å². The quantitative estimate of drug-likeness (QED) is 0.315. The molecule has 0 unspecified atom stereocenters. The molecule has 140 valence electrons. The number of hydrogen-bond acceptors (Lipinski definition) is 4. The molecule has 0 rings (SSSR count). The van der Waals surface area contributed by atoms with Crippen LogP contribution in [0.2, 0.25) is 6.04 Å². The van der Waals surface area contributed by atoms with E-state index in [1.807, 2.05) is 0 Å². The molecule has 0 aromatic carbocycles. The Bertz CT molecular complexity index is 234. The minimum Gasteiger partial charge on any atom is -0.421 e. The lowest BCUT2D eigenvalue weighted by molar-refractivity contribution is 0.200. The first kappa shape index (κ1) is 23.1. The molecule has 0 fully saturated rings. The molecular formula is C18H43N3OSi. The van der Waals surface area contributed by atoms with Gasteiger partial charge in [-0.15, -0.1) is 0 Å². The van der Waals surface area contributed by atoms with E-state index in [1.165, 1.54) is 70.9 Å². The van der Waals surface area contributed by atoms with Gasteiger partial charge in [-0.3, -0.25) is 0 Å². The van der Waals surface area contributed by atoms with Gasteiger partial charge in [0, 0.05) is 6.10 Å². The third-order valence-electron chi connectivity index (χ3n) is 4.29. The summed E-state index contributed by atoms with van der Waals surface area (Å²) in [6.07, 6.45) is 6.73. The van der Waals surface area contributed by atoms with Crippen LogP contribution in [0.1, 0.15) is 46.0 Å². The average Bonchev–Trinajstić information content (AvgIpc) is 2.49. The van der Waals surface area contributed by atoms with Crippen molar-refractivity contribution in [2.45, 2.75) is 58.1 Å². The molecule has 0 saturated heterocycles. The molecule has 0 saturated carbocycles. The van der Waals surface area contributed by atoms with E-state index in [2.05, 4.69) is 56.7 Å². The first-order chi connectivity index (χ1) is 11.0. The molecule has 0 aliphatic heterocycles. The fraction of sp³-hybridized carbons (Fsp3) is 1.00. The van der Waals surface area contributed by atoms with Gasteiger partial charge in [0.1, 0.15) is 0 Å². The summed E-state index contributed by atoms with van der Waals surface area (Å²) in [6.45, 7) is 10.6. The molecule has 5 heteroatoms. The predicted octanol–water partition coefficient (Wildman–Crippen LogP) is 2.29. The molecule has 23 heavy (non-hydrogen) atoms. The van der Waals surface area contributed by atoms with Crippen LogP contribution in [0, 0.1) is 0 Å². The highest BCUT2D eigenvalue weighted by Crippen LogP contribution is 2.05. The smallest absolute Gasteiger partial charge is 0.162 e. The van der Waals surface area contributed by atoms with Gasteiger partial charge in [-0.2, -0.15) is 0 Å². The lowest BCUT2D eigenvalue weighted by atomic mass is 10.2. The Kier molecular flexibility index (Phi) is 15.6. The van der Waals surface area contributed by atoms with Gasteiger partial charge >= 0.3 is 0 Å². The van der Waals surface area contributed by atoms with Crippen molar-refractivity contribution in [2.75, 3.05) is 60.9 Å². The van der Waals surface area contributed by atoms with Crippen LogP contribution in [0.15, 0.2) is 0 Å². The second-order valence-corrected chi connectivity index (χ2v) is 8.62. The van der Waals surface area contributed by atoms with Crippen LogP contribution in [0.5, 0.6) is 0 Å². The zero-order chi connectivity index (χ0) is 17.5. The van der Waals surface area contributed by atoms with E-state index in [0.29, 0.717) is 6.10 Å². The van der Waals surface area contributed by atoms with Gasteiger partial charge in [0.05, 0.1) is 0 Å². The van der Waals surface area contributed by atoms with Crippen LogP contribution in [0.4, 0.5) is 0 Å². The van der Waals surface area contributed by atoms with Crippen LogP contribution in [0.3, 0.4) is 0 Å². The Hall–Kier alpha value is 0.0569. The Morgan fingerprint density at radius 2 is 1.22 bits per heavy atom. The highest BCUT2D eigenvalue weighted by Gasteiger charge is 2.07. The Morgan fingerprint density at radius 1 is 0.739 bits per heavy atom. The summed E-state index contributed by atoms with van der Waals surface area (Å²) in [5.41, 5.74) is 0. The largest absolute Gasteiger partial charge is 0.421 e. The first-order valence-corrected chi connectivity index (χ1v) is 11.2. The summed E-state index contributed by atoms with van der Waals surface area (Å²) in [7, 11) is 8.35. The number of nitrogens with zero attached hydrogens (tertiary/aromatic N) is 3. The zero-order valence-corrected chi connectivity index (χ0v) is 18.2. The van der Waals surface area contributed by atoms with Crippen LogP contribution < -0.4 is 0 Å². The van der Waals surface area contributed by atoms with Crippen molar-refractivity contribution in [1.29, 1.82) is 0 Å². The monoisotopic (exact) mass is 345 g/mol. The third kappa shape index (κ3) is 15.3. The van der Waals surface area contributed by atoms with Crippen LogP contribution in [-0.2, 0) is 4.43 Å². The SMILES string of the molecule is CCC(CC)O[SiH2]CCCN(CCCN(C)C)CCCN(C)C. The zero-order valence-electron chi connectivity index (χ0n) is 16.8. The van der Waals surface area contributed by atoms with Gasteiger partial charge in [-0.1, -0.05) is 13.8 Å². The molecular weight excluding hydrogens is 302 g/mol. The standard InChI is InChI=1S/C18H43N3OSi/c1-7-18(8-2)22-23-17-11-16-21(14-9-12-19(3)4)15-10-13-20(5)6/h18H,7-17,23H2,1-6H3. The summed E-state index contributed by atoms with van der Waals surface area (Å²) >= 11 is 0. The van der Waals surface area contributed by atoms with E-state index in [1.54, 1.807) is 0 Å². The van der Waals surface area contributed by atoms with Crippen molar-refractivity contribution in [3.8, 4) is 0 Å². The van der Waals surface area contributed by atoms with Crippen molar-refractivity contribution in [3.05, 3.63) is 0 Å². The molecule has 0 amide bonds. The molecule has 0 radical (unpaired) electrons. The Morgan fingerprint density at radius 3 is 1.65 bits per heavy atom. The summed E-state index contributed by atoms with van der Waals surface area (Å²) in [4.78, 5) is 7.24. The predicted molar refractivity (Wildman–Crippen MR) is 106 cm³/mol. The van der Waals surface area contributed by atoms with Crippen LogP contribution in [0.25, 0.3) is 0 Å². The lowest BCUT2D eigenvalue weighted by Gasteiger charge is -2.24. The highest BCUT2D eigenvalue weighted by atomic mass is 28.2. The maximum absolute atomic E-state index is 6.05. The van der Waals surface area contributed by atoms with E-state index in [9.17, 15) is 0 Å². The topological polar surface area (TPSA) is 19.0 Å². The minimum absolute atomic E-state index is 0.308. The molecule has 0 heterocycles. The Balaban J connectivity index is 3.89. The lowest BCUT2D eigenvalue weighted by Crippen LogP contribution is -2.31. The number of hydrogen-bond donors (Lipinski definition) is 0. The molecule has 0 atom stereocenters. The summed E-state index contributed by atoms with van der Waals surface area (Å²) in [6, 6.07) is 1.33. The fourth-order valence-electron chi connectivity index (χ4n) is 2.77. The van der Waals surface area contributed by atoms with Crippen molar-refractivity contribution in [3.63, 3.8) is 0 Å². The van der Waals surface area contributed by atoms with E-state index >= 15 is 0 Å². The van der Waals surface area contributed by atoms with E-state index in [0.717, 1.165) is 0 Å². The third-order valence-corrected chi connectivity index (χ3v) is 5.79. The molecule has 0 aromatic rings. The summed E-state index contributed by atoms with van der Waals surface area (Å²) < 4.78 is 6.05. The maximum atomic E-state index is 6.05. The van der Waals surface area contributed by atoms with Gasteiger partial charge in [0.15, 0.2) is 9.76 Å². The van der Waals surface area contributed by atoms with E-state index < -0.39 is 0 Å². The summed E-state index contributed by atoms with van der Waals surface area (Å²) in [5.74, 6) is 0. The van der Waals surface area contributed by atoms with Crippen LogP contribution in [-0.4, -0.2) is 91.5 Å². The van der Waals surface area contributed by atoms with Crippen molar-refractivity contribution < 1.29 is 4.43 Å². The second kappa shape index (κ2) is 15.6. The molecule has 0 aliphatic rings. The van der Waals surface area contributed by atoms with Crippen molar-refractivity contribution >= 4 is 9.76 Å². The fourth-order valence-corrected chi connectivity index (χ4v) is 4.17. The Labute approximate surface area is 148 Å². The maximum Gasteiger partial charge on any atom is 0.162 e. The van der Waals surface area contributed by atoms with Crippen molar-refractivity contribution in [1.82, 2.24) is 14.7 Å². The van der Waals surface area contributed by atoms with Gasteiger partial charge in [-0.25, -0.2) is 0 Å². The first-order valence-electron chi connectivity index (χ1n) is 9.63. The molecule has 0 aliphatic carbocycles. The van der Waals surface area contributed by atoms with Crippen molar-refractivity contribution in [2.24, 2.45) is 0 Å². The normalized spacial score (nSPS) is 12.8. The number of rotatable bonds is 16. The molecule has 0 N–H and O–H groups in total. The summed E-state index contributed by atoms with van der Waals surface area (Å²) in [5, 5.41) is 0. The van der Waals surface area contributed by atoms with Gasteiger partial charge in [0.2, 0.25) is 0 Å². The van der Waals surface area contributed by atoms with Gasteiger partial charge < -0.3 is 19.1 Å². The molecule has 0 aromatic heterocycles. The molecule has 4 nitrogen and oxygen atoms in total. The molecule has 0 spiro atoms. The molecule has 0 bridgehead atoms. The van der Waals surface area contributed by atoms with Crippen LogP contribution >= 0.6 is 0 Å². The van der Waals surface area contributed by atoms with Gasteiger partial charge in [0.25, 0.3) is 0 Å². The second-order valence-electron chi connectivity index (χ2n) is 7.17. The minimum atomic E-state index is -0.308. The van der Waals surface area contributed by atoms with E-state index in [-0.39, 0.29) is 9.76 Å². The highest BCUT2D eigenvalue weighted by molar-refractivity contribution is 6.27.